The van der Waals surface area contributed by atoms with Gasteiger partial charge in [-0.25, -0.2) is 0 Å². The second-order valence-electron chi connectivity index (χ2n) is 6.41. The molecule has 2 N–H and O–H groups in total. The zero-order chi connectivity index (χ0) is 20.3. The molecule has 7 nitrogen and oxygen atoms in total. The second kappa shape index (κ2) is 8.12. The number of aromatic amines is 1. The molecular formula is C21H24N4O3. The Bertz CT molecular complexity index is 1110. The number of benzene rings is 2. The molecule has 0 radical (unpaired) electrons. The standard InChI is InChI=1S/C21H24N4O3/c1-4-24(5-2)16-10-8-15(9-11-16)22-19(26)14-7-12-18-17(13-14)23-20(27)21(28)25(18)6-3/h7-13H,4-6H2,1-3H3,(H,22,26)(H,23,27). The van der Waals surface area contributed by atoms with Crippen LogP contribution in [0.25, 0.3) is 11.0 Å². The minimum Gasteiger partial charge on any atom is -0.372 e. The Balaban J connectivity index is 1.87. The van der Waals surface area contributed by atoms with Gasteiger partial charge in [0.25, 0.3) is 5.91 Å². The van der Waals surface area contributed by atoms with Crippen molar-refractivity contribution in [3.05, 3.63) is 68.7 Å². The average molecular weight is 380 g/mol. The number of hydrogen-bond acceptors (Lipinski definition) is 4. The van der Waals surface area contributed by atoms with Crippen molar-refractivity contribution in [3.8, 4) is 0 Å². The number of carbonyl (C=O) groups excluding carboxylic acids is 1. The summed E-state index contributed by atoms with van der Waals surface area (Å²) in [6, 6.07) is 12.6. The summed E-state index contributed by atoms with van der Waals surface area (Å²) in [6.07, 6.45) is 0. The van der Waals surface area contributed by atoms with Crippen LogP contribution in [0.1, 0.15) is 31.1 Å². The summed E-state index contributed by atoms with van der Waals surface area (Å²) in [4.78, 5) is 41.1. The van der Waals surface area contributed by atoms with Crippen molar-refractivity contribution in [3.63, 3.8) is 0 Å². The summed E-state index contributed by atoms with van der Waals surface area (Å²) in [7, 11) is 0. The first-order chi connectivity index (χ1) is 13.5. The van der Waals surface area contributed by atoms with Gasteiger partial charge in [0, 0.05) is 36.6 Å². The van der Waals surface area contributed by atoms with Crippen LogP contribution in [0.4, 0.5) is 11.4 Å². The van der Waals surface area contributed by atoms with Crippen molar-refractivity contribution in [2.24, 2.45) is 0 Å². The van der Waals surface area contributed by atoms with E-state index in [1.807, 2.05) is 24.3 Å². The first-order valence-corrected chi connectivity index (χ1v) is 9.41. The number of nitrogens with zero attached hydrogens (tertiary/aromatic N) is 2. The fraction of sp³-hybridized carbons (Fsp3) is 0.286. The number of H-pyrrole nitrogens is 1. The second-order valence-corrected chi connectivity index (χ2v) is 6.41. The smallest absolute Gasteiger partial charge is 0.316 e. The maximum absolute atomic E-state index is 12.6. The Labute approximate surface area is 162 Å². The van der Waals surface area contributed by atoms with Gasteiger partial charge in [0.15, 0.2) is 0 Å². The van der Waals surface area contributed by atoms with Crippen molar-refractivity contribution >= 4 is 28.3 Å². The molecule has 7 heteroatoms. The SMILES string of the molecule is CCN(CC)c1ccc(NC(=O)c2ccc3c(c2)[nH]c(=O)c(=O)n3CC)cc1. The average Bonchev–Trinajstić information content (AvgIpc) is 2.71. The molecule has 0 saturated heterocycles. The fourth-order valence-corrected chi connectivity index (χ4v) is 3.28. The van der Waals surface area contributed by atoms with Gasteiger partial charge in [-0.2, -0.15) is 0 Å². The number of hydrogen-bond donors (Lipinski definition) is 2. The predicted octanol–water partition coefficient (Wildman–Crippen LogP) is 2.81. The first-order valence-electron chi connectivity index (χ1n) is 9.41. The lowest BCUT2D eigenvalue weighted by molar-refractivity contribution is 0.102. The van der Waals surface area contributed by atoms with Crippen LogP contribution in [-0.4, -0.2) is 28.5 Å². The van der Waals surface area contributed by atoms with Crippen LogP contribution >= 0.6 is 0 Å². The number of rotatable bonds is 6. The van der Waals surface area contributed by atoms with E-state index in [0.717, 1.165) is 18.8 Å². The molecule has 2 aromatic carbocycles. The Kier molecular flexibility index (Phi) is 5.63. The van der Waals surface area contributed by atoms with Gasteiger partial charge in [-0.05, 0) is 63.2 Å². The molecule has 0 atom stereocenters. The van der Waals surface area contributed by atoms with Gasteiger partial charge in [0.2, 0.25) is 0 Å². The minimum absolute atomic E-state index is 0.285. The van der Waals surface area contributed by atoms with Gasteiger partial charge in [-0.3, -0.25) is 14.4 Å². The van der Waals surface area contributed by atoms with Gasteiger partial charge in [0.1, 0.15) is 0 Å². The molecule has 146 valence electrons. The zero-order valence-electron chi connectivity index (χ0n) is 16.3. The van der Waals surface area contributed by atoms with Crippen LogP contribution in [0.5, 0.6) is 0 Å². The molecule has 28 heavy (non-hydrogen) atoms. The Morgan fingerprint density at radius 2 is 1.71 bits per heavy atom. The maximum atomic E-state index is 12.6. The van der Waals surface area contributed by atoms with E-state index in [2.05, 4.69) is 29.0 Å². The van der Waals surface area contributed by atoms with Crippen LogP contribution in [0.2, 0.25) is 0 Å². The molecule has 0 aliphatic carbocycles. The quantitative estimate of drug-likeness (QED) is 0.644. The van der Waals surface area contributed by atoms with E-state index in [4.69, 9.17) is 0 Å². The number of aromatic nitrogens is 2. The van der Waals surface area contributed by atoms with Crippen molar-refractivity contribution in [2.75, 3.05) is 23.3 Å². The third-order valence-corrected chi connectivity index (χ3v) is 4.81. The van der Waals surface area contributed by atoms with Crippen molar-refractivity contribution in [1.82, 2.24) is 9.55 Å². The molecule has 1 heterocycles. The van der Waals surface area contributed by atoms with Gasteiger partial charge in [-0.1, -0.05) is 0 Å². The molecule has 1 amide bonds. The summed E-state index contributed by atoms with van der Waals surface area (Å²) in [6.45, 7) is 8.20. The van der Waals surface area contributed by atoms with E-state index < -0.39 is 11.1 Å². The van der Waals surface area contributed by atoms with E-state index in [-0.39, 0.29) is 5.91 Å². The lowest BCUT2D eigenvalue weighted by atomic mass is 10.1. The van der Waals surface area contributed by atoms with Gasteiger partial charge < -0.3 is 19.8 Å². The highest BCUT2D eigenvalue weighted by molar-refractivity contribution is 6.05. The number of fused-ring (bicyclic) bond motifs is 1. The highest BCUT2D eigenvalue weighted by atomic mass is 16.2. The minimum atomic E-state index is -0.695. The number of aryl methyl sites for hydroxylation is 1. The highest BCUT2D eigenvalue weighted by Crippen LogP contribution is 2.19. The first kappa shape index (κ1) is 19.4. The predicted molar refractivity (Wildman–Crippen MR) is 112 cm³/mol. The van der Waals surface area contributed by atoms with Crippen LogP contribution in [-0.2, 0) is 6.54 Å². The number of anilines is 2. The number of amides is 1. The van der Waals surface area contributed by atoms with Crippen molar-refractivity contribution in [2.45, 2.75) is 27.3 Å². The van der Waals surface area contributed by atoms with Gasteiger partial charge in [-0.15, -0.1) is 0 Å². The molecule has 3 rings (SSSR count). The van der Waals surface area contributed by atoms with Crippen LogP contribution in [0.15, 0.2) is 52.1 Å². The third-order valence-electron chi connectivity index (χ3n) is 4.81. The van der Waals surface area contributed by atoms with Gasteiger partial charge in [0.05, 0.1) is 11.0 Å². The van der Waals surface area contributed by atoms with Crippen molar-refractivity contribution in [1.29, 1.82) is 0 Å². The summed E-state index contributed by atoms with van der Waals surface area (Å²) in [5.74, 6) is -0.285. The molecule has 0 unspecified atom stereocenters. The summed E-state index contributed by atoms with van der Waals surface area (Å²) < 4.78 is 1.39. The molecule has 0 bridgehead atoms. The van der Waals surface area contributed by atoms with Crippen LogP contribution < -0.4 is 21.3 Å². The number of nitrogens with one attached hydrogen (secondary N) is 2. The Morgan fingerprint density at radius 3 is 2.32 bits per heavy atom. The monoisotopic (exact) mass is 380 g/mol. The fourth-order valence-electron chi connectivity index (χ4n) is 3.28. The van der Waals surface area contributed by atoms with Gasteiger partial charge >= 0.3 is 11.1 Å². The Hall–Kier alpha value is -3.35. The lowest BCUT2D eigenvalue weighted by Crippen LogP contribution is -2.36. The maximum Gasteiger partial charge on any atom is 0.316 e. The summed E-state index contributed by atoms with van der Waals surface area (Å²) in [5, 5.41) is 2.86. The molecule has 0 fully saturated rings. The highest BCUT2D eigenvalue weighted by Gasteiger charge is 2.11. The largest absolute Gasteiger partial charge is 0.372 e. The molecule has 3 aromatic rings. The van der Waals surface area contributed by atoms with E-state index in [0.29, 0.717) is 28.8 Å². The summed E-state index contributed by atoms with van der Waals surface area (Å²) >= 11 is 0. The number of carbonyl (C=O) groups is 1. The molecule has 1 aromatic heterocycles. The lowest BCUT2D eigenvalue weighted by Gasteiger charge is -2.21. The zero-order valence-corrected chi connectivity index (χ0v) is 16.3. The molecular weight excluding hydrogens is 356 g/mol. The van der Waals surface area contributed by atoms with Crippen LogP contribution in [0.3, 0.4) is 0 Å². The van der Waals surface area contributed by atoms with Crippen molar-refractivity contribution < 1.29 is 4.79 Å². The van der Waals surface area contributed by atoms with E-state index in [1.54, 1.807) is 25.1 Å². The molecule has 0 aliphatic heterocycles. The van der Waals surface area contributed by atoms with E-state index in [9.17, 15) is 14.4 Å². The molecule has 0 aliphatic rings. The normalized spacial score (nSPS) is 10.8. The van der Waals surface area contributed by atoms with E-state index in [1.165, 1.54) is 4.57 Å². The van der Waals surface area contributed by atoms with Crippen LogP contribution in [0, 0.1) is 0 Å². The molecule has 0 spiro atoms. The Morgan fingerprint density at radius 1 is 1.04 bits per heavy atom. The van der Waals surface area contributed by atoms with E-state index >= 15 is 0 Å². The topological polar surface area (TPSA) is 87.2 Å². The summed E-state index contributed by atoms with van der Waals surface area (Å²) in [5.41, 5.74) is 1.94. The molecule has 0 saturated carbocycles. The third kappa shape index (κ3) is 3.69.